The van der Waals surface area contributed by atoms with Gasteiger partial charge in [0.25, 0.3) is 5.56 Å². The van der Waals surface area contributed by atoms with Gasteiger partial charge in [0, 0.05) is 11.8 Å². The molecule has 0 aliphatic heterocycles. The van der Waals surface area contributed by atoms with Crippen molar-refractivity contribution in [3.8, 4) is 11.5 Å². The van der Waals surface area contributed by atoms with Gasteiger partial charge in [0.05, 0.1) is 18.8 Å². The maximum absolute atomic E-state index is 12.2. The summed E-state index contributed by atoms with van der Waals surface area (Å²) in [5.74, 6) is -0.164. The second-order valence-corrected chi connectivity index (χ2v) is 5.65. The van der Waals surface area contributed by atoms with Crippen LogP contribution in [0.3, 0.4) is 0 Å². The van der Waals surface area contributed by atoms with Crippen molar-refractivity contribution in [2.24, 2.45) is 0 Å². The zero-order valence-corrected chi connectivity index (χ0v) is 13.0. The number of carbonyl (C=O) groups excluding carboxylic acids is 1. The largest absolute Gasteiger partial charge is 0.504 e. The van der Waals surface area contributed by atoms with E-state index < -0.39 is 5.91 Å². The number of phenolic OH excluding ortho intramolecular Hbond substituents is 1. The van der Waals surface area contributed by atoms with Crippen LogP contribution in [0.15, 0.2) is 40.8 Å². The molecule has 0 atom stereocenters. The van der Waals surface area contributed by atoms with Crippen LogP contribution in [-0.4, -0.2) is 27.7 Å². The van der Waals surface area contributed by atoms with Crippen molar-refractivity contribution in [1.82, 2.24) is 9.55 Å². The highest BCUT2D eigenvalue weighted by Gasteiger charge is 2.10. The van der Waals surface area contributed by atoms with E-state index in [2.05, 4.69) is 10.3 Å². The number of amides is 1. The summed E-state index contributed by atoms with van der Waals surface area (Å²) < 4.78 is 6.18. The van der Waals surface area contributed by atoms with E-state index in [-0.39, 0.29) is 17.9 Å². The number of anilines is 1. The van der Waals surface area contributed by atoms with Gasteiger partial charge in [0.15, 0.2) is 11.5 Å². The van der Waals surface area contributed by atoms with E-state index in [1.165, 1.54) is 41.5 Å². The summed E-state index contributed by atoms with van der Waals surface area (Å²) in [5.41, 5.74) is 0.148. The number of methoxy groups -OCH3 is 1. The van der Waals surface area contributed by atoms with Crippen molar-refractivity contribution >= 4 is 33.1 Å². The maximum Gasteiger partial charge on any atom is 0.262 e. The minimum atomic E-state index is -0.395. The number of aromatic hydroxyl groups is 1. The van der Waals surface area contributed by atoms with Crippen molar-refractivity contribution in [1.29, 1.82) is 0 Å². The number of phenols is 1. The second kappa shape index (κ2) is 6.09. The molecule has 0 bridgehead atoms. The quantitative estimate of drug-likeness (QED) is 0.760. The van der Waals surface area contributed by atoms with Crippen molar-refractivity contribution < 1.29 is 14.6 Å². The van der Waals surface area contributed by atoms with Crippen LogP contribution in [-0.2, 0) is 11.3 Å². The first-order chi connectivity index (χ1) is 11.1. The van der Waals surface area contributed by atoms with E-state index in [0.29, 0.717) is 21.7 Å². The molecule has 2 N–H and O–H groups in total. The highest BCUT2D eigenvalue weighted by Crippen LogP contribution is 2.28. The molecule has 0 saturated carbocycles. The summed E-state index contributed by atoms with van der Waals surface area (Å²) in [5, 5.41) is 14.6. The Labute approximate surface area is 134 Å². The van der Waals surface area contributed by atoms with E-state index >= 15 is 0 Å². The van der Waals surface area contributed by atoms with Gasteiger partial charge < -0.3 is 15.2 Å². The van der Waals surface area contributed by atoms with Gasteiger partial charge in [-0.1, -0.05) is 0 Å². The third-order valence-corrected chi connectivity index (χ3v) is 4.05. The lowest BCUT2D eigenvalue weighted by Gasteiger charge is -2.09. The minimum absolute atomic E-state index is 0.0798. The molecule has 0 fully saturated rings. The summed E-state index contributed by atoms with van der Waals surface area (Å²) in [6.07, 6.45) is 1.35. The third kappa shape index (κ3) is 3.02. The molecular weight excluding hydrogens is 318 g/mol. The number of hydrogen-bond donors (Lipinski definition) is 2. The van der Waals surface area contributed by atoms with Gasteiger partial charge in [-0.25, -0.2) is 4.98 Å². The Bertz CT molecular complexity index is 932. The van der Waals surface area contributed by atoms with Crippen molar-refractivity contribution in [2.45, 2.75) is 6.54 Å². The van der Waals surface area contributed by atoms with Crippen LogP contribution in [0.4, 0.5) is 5.69 Å². The lowest BCUT2D eigenvalue weighted by molar-refractivity contribution is -0.116. The number of nitrogens with zero attached hydrogens (tertiary/aromatic N) is 2. The zero-order valence-electron chi connectivity index (χ0n) is 12.1. The second-order valence-electron chi connectivity index (χ2n) is 4.75. The Balaban J connectivity index is 1.77. The maximum atomic E-state index is 12.2. The number of fused-ring (bicyclic) bond motifs is 1. The van der Waals surface area contributed by atoms with Crippen LogP contribution in [0.25, 0.3) is 10.2 Å². The third-order valence-electron chi connectivity index (χ3n) is 3.23. The lowest BCUT2D eigenvalue weighted by atomic mass is 10.2. The van der Waals surface area contributed by atoms with Crippen molar-refractivity contribution in [3.63, 3.8) is 0 Å². The smallest absolute Gasteiger partial charge is 0.262 e. The molecule has 1 amide bonds. The lowest BCUT2D eigenvalue weighted by Crippen LogP contribution is -2.27. The number of rotatable bonds is 4. The van der Waals surface area contributed by atoms with Gasteiger partial charge in [-0.2, -0.15) is 0 Å². The Hall–Kier alpha value is -2.87. The summed E-state index contributed by atoms with van der Waals surface area (Å²) in [6.45, 7) is -0.162. The van der Waals surface area contributed by atoms with Crippen LogP contribution in [0.1, 0.15) is 0 Å². The van der Waals surface area contributed by atoms with Gasteiger partial charge in [-0.3, -0.25) is 14.2 Å². The standard InChI is InChI=1S/C15H13N3O4S/c1-22-12-3-2-9(6-11(12)19)17-13(20)7-18-8-16-14-10(15(18)21)4-5-23-14/h2-6,8,19H,7H2,1H3,(H,17,20). The Kier molecular flexibility index (Phi) is 3.98. The average molecular weight is 331 g/mol. The number of ether oxygens (including phenoxy) is 1. The molecule has 0 unspecified atom stereocenters. The van der Waals surface area contributed by atoms with Crippen molar-refractivity contribution in [3.05, 3.63) is 46.3 Å². The molecule has 7 nitrogen and oxygen atoms in total. The molecule has 1 aromatic carbocycles. The molecule has 3 rings (SSSR count). The van der Waals surface area contributed by atoms with Crippen LogP contribution < -0.4 is 15.6 Å². The van der Waals surface area contributed by atoms with Gasteiger partial charge in [-0.05, 0) is 23.6 Å². The number of benzene rings is 1. The van der Waals surface area contributed by atoms with E-state index in [1.807, 2.05) is 0 Å². The Morgan fingerprint density at radius 2 is 2.26 bits per heavy atom. The summed E-state index contributed by atoms with van der Waals surface area (Å²) >= 11 is 1.37. The molecule has 0 saturated heterocycles. The highest BCUT2D eigenvalue weighted by atomic mass is 32.1. The van der Waals surface area contributed by atoms with Crippen LogP contribution in [0.2, 0.25) is 0 Å². The minimum Gasteiger partial charge on any atom is -0.504 e. The zero-order chi connectivity index (χ0) is 16.4. The van der Waals surface area contributed by atoms with Crippen LogP contribution in [0, 0.1) is 0 Å². The van der Waals surface area contributed by atoms with Crippen LogP contribution >= 0.6 is 11.3 Å². The Morgan fingerprint density at radius 1 is 1.43 bits per heavy atom. The average Bonchev–Trinajstić information content (AvgIpc) is 3.00. The van der Waals surface area contributed by atoms with E-state index in [0.717, 1.165) is 0 Å². The van der Waals surface area contributed by atoms with Crippen molar-refractivity contribution in [2.75, 3.05) is 12.4 Å². The first-order valence-corrected chi connectivity index (χ1v) is 7.56. The van der Waals surface area contributed by atoms with Crippen LogP contribution in [0.5, 0.6) is 11.5 Å². The molecule has 23 heavy (non-hydrogen) atoms. The number of nitrogens with one attached hydrogen (secondary N) is 1. The number of aromatic nitrogens is 2. The number of thiophene rings is 1. The predicted molar refractivity (Wildman–Crippen MR) is 87.2 cm³/mol. The van der Waals surface area contributed by atoms with Gasteiger partial charge in [-0.15, -0.1) is 11.3 Å². The molecule has 118 valence electrons. The summed E-state index contributed by atoms with van der Waals surface area (Å²) in [7, 11) is 1.44. The molecule has 2 heterocycles. The molecule has 0 aliphatic rings. The van der Waals surface area contributed by atoms with Gasteiger partial charge in [0.1, 0.15) is 11.4 Å². The van der Waals surface area contributed by atoms with E-state index in [1.54, 1.807) is 17.5 Å². The fourth-order valence-electron chi connectivity index (χ4n) is 2.13. The fraction of sp³-hybridized carbons (Fsp3) is 0.133. The molecule has 0 radical (unpaired) electrons. The monoisotopic (exact) mass is 331 g/mol. The normalized spacial score (nSPS) is 10.7. The highest BCUT2D eigenvalue weighted by molar-refractivity contribution is 7.16. The topological polar surface area (TPSA) is 93.5 Å². The molecule has 0 aliphatic carbocycles. The number of hydrogen-bond acceptors (Lipinski definition) is 6. The predicted octanol–water partition coefficient (Wildman–Crippen LogP) is 1.81. The molecule has 0 spiro atoms. The number of carbonyl (C=O) groups is 1. The SMILES string of the molecule is COc1ccc(NC(=O)Cn2cnc3sccc3c2=O)cc1O. The van der Waals surface area contributed by atoms with E-state index in [4.69, 9.17) is 4.74 Å². The summed E-state index contributed by atoms with van der Waals surface area (Å²) in [4.78, 5) is 29.1. The fourth-order valence-corrected chi connectivity index (χ4v) is 2.85. The van der Waals surface area contributed by atoms with Gasteiger partial charge >= 0.3 is 0 Å². The summed E-state index contributed by atoms with van der Waals surface area (Å²) in [6, 6.07) is 6.20. The first kappa shape index (κ1) is 15.0. The molecule has 2 aromatic heterocycles. The first-order valence-electron chi connectivity index (χ1n) is 6.68. The molecule has 8 heteroatoms. The Morgan fingerprint density at radius 3 is 3.00 bits per heavy atom. The van der Waals surface area contributed by atoms with E-state index in [9.17, 15) is 14.7 Å². The molecule has 3 aromatic rings. The van der Waals surface area contributed by atoms with Gasteiger partial charge in [0.2, 0.25) is 5.91 Å². The molecular formula is C15H13N3O4S.